The average molecular weight is 254 g/mol. The fraction of sp³-hybridized carbons (Fsp3) is 0.571. The zero-order valence-electron chi connectivity index (χ0n) is 10.3. The molecule has 2 N–H and O–H groups in total. The van der Waals surface area contributed by atoms with E-state index >= 15 is 0 Å². The fourth-order valence-electron chi connectivity index (χ4n) is 2.65. The van der Waals surface area contributed by atoms with E-state index in [1.165, 1.54) is 32.1 Å². The van der Waals surface area contributed by atoms with Crippen molar-refractivity contribution in [3.8, 4) is 5.75 Å². The number of benzene rings is 1. The van der Waals surface area contributed by atoms with Crippen molar-refractivity contribution in [3.05, 3.63) is 28.8 Å². The van der Waals surface area contributed by atoms with Gasteiger partial charge >= 0.3 is 0 Å². The average Bonchev–Trinajstić information content (AvgIpc) is 2.39. The highest BCUT2D eigenvalue weighted by Gasteiger charge is 2.22. The van der Waals surface area contributed by atoms with Gasteiger partial charge in [-0.25, -0.2) is 0 Å². The summed E-state index contributed by atoms with van der Waals surface area (Å²) in [6, 6.07) is 5.98. The van der Waals surface area contributed by atoms with Crippen molar-refractivity contribution in [2.24, 2.45) is 11.7 Å². The van der Waals surface area contributed by atoms with Gasteiger partial charge in [0.15, 0.2) is 0 Å². The molecule has 1 aliphatic carbocycles. The third-order valence-corrected chi connectivity index (χ3v) is 4.03. The maximum Gasteiger partial charge on any atom is 0.137 e. The van der Waals surface area contributed by atoms with Gasteiger partial charge in [0, 0.05) is 6.04 Å². The summed E-state index contributed by atoms with van der Waals surface area (Å²) < 4.78 is 5.24. The van der Waals surface area contributed by atoms with Gasteiger partial charge in [-0.05, 0) is 36.5 Å². The first-order valence-electron chi connectivity index (χ1n) is 6.31. The Balaban J connectivity index is 2.15. The molecule has 2 nitrogen and oxygen atoms in total. The van der Waals surface area contributed by atoms with Crippen LogP contribution in [0.2, 0.25) is 5.02 Å². The normalized spacial score (nSPS) is 19.0. The van der Waals surface area contributed by atoms with E-state index in [1.807, 2.05) is 18.2 Å². The van der Waals surface area contributed by atoms with Gasteiger partial charge in [0.2, 0.25) is 0 Å². The third kappa shape index (κ3) is 2.93. The summed E-state index contributed by atoms with van der Waals surface area (Å²) in [6.45, 7) is 0. The van der Waals surface area contributed by atoms with Crippen LogP contribution in [0.1, 0.15) is 43.7 Å². The number of halogens is 1. The molecular weight excluding hydrogens is 234 g/mol. The fourth-order valence-corrected chi connectivity index (χ4v) is 2.84. The molecule has 0 aliphatic heterocycles. The van der Waals surface area contributed by atoms with Crippen LogP contribution in [0.3, 0.4) is 0 Å². The molecule has 0 radical (unpaired) electrons. The van der Waals surface area contributed by atoms with Crippen molar-refractivity contribution >= 4 is 11.6 Å². The lowest BCUT2D eigenvalue weighted by Gasteiger charge is -2.28. The highest BCUT2D eigenvalue weighted by molar-refractivity contribution is 6.32. The lowest BCUT2D eigenvalue weighted by atomic mass is 9.81. The smallest absolute Gasteiger partial charge is 0.137 e. The van der Waals surface area contributed by atoms with Crippen LogP contribution in [0.15, 0.2) is 18.2 Å². The maximum absolute atomic E-state index is 6.34. The minimum Gasteiger partial charge on any atom is -0.495 e. The molecule has 1 aromatic carbocycles. The lowest BCUT2D eigenvalue weighted by Crippen LogP contribution is -2.23. The maximum atomic E-state index is 6.34. The van der Waals surface area contributed by atoms with Crippen LogP contribution >= 0.6 is 11.6 Å². The van der Waals surface area contributed by atoms with Crippen LogP contribution in [0, 0.1) is 5.92 Å². The summed E-state index contributed by atoms with van der Waals surface area (Å²) in [5, 5.41) is 0.645. The molecule has 0 bridgehead atoms. The van der Waals surface area contributed by atoms with Crippen molar-refractivity contribution in [2.45, 2.75) is 38.1 Å². The van der Waals surface area contributed by atoms with Crippen molar-refractivity contribution in [2.75, 3.05) is 7.11 Å². The summed E-state index contributed by atoms with van der Waals surface area (Å²) in [6.07, 6.45) is 6.46. The number of ether oxygens (including phenoxy) is 1. The van der Waals surface area contributed by atoms with Gasteiger partial charge in [-0.3, -0.25) is 0 Å². The predicted molar refractivity (Wildman–Crippen MR) is 71.5 cm³/mol. The second-order valence-corrected chi connectivity index (χ2v) is 5.23. The summed E-state index contributed by atoms with van der Waals surface area (Å²) in [5.74, 6) is 1.32. The minimum atomic E-state index is 0.112. The van der Waals surface area contributed by atoms with Crippen LogP contribution in [0.5, 0.6) is 5.75 Å². The van der Waals surface area contributed by atoms with Crippen LogP contribution in [-0.4, -0.2) is 7.11 Å². The van der Waals surface area contributed by atoms with Gasteiger partial charge in [0.1, 0.15) is 5.75 Å². The van der Waals surface area contributed by atoms with E-state index in [2.05, 4.69) is 0 Å². The first-order chi connectivity index (χ1) is 8.22. The molecule has 1 aliphatic rings. The Kier molecular flexibility index (Phi) is 4.30. The first-order valence-corrected chi connectivity index (χ1v) is 6.69. The second kappa shape index (κ2) is 5.74. The standard InChI is InChI=1S/C14H20ClNO/c1-17-13-9-11(7-8-12(13)15)14(16)10-5-3-2-4-6-10/h7-10,14H,2-6,16H2,1H3/t14-/m0/s1. The Morgan fingerprint density at radius 3 is 2.65 bits per heavy atom. The van der Waals surface area contributed by atoms with Crippen molar-refractivity contribution < 1.29 is 4.74 Å². The van der Waals surface area contributed by atoms with E-state index in [0.29, 0.717) is 10.9 Å². The van der Waals surface area contributed by atoms with E-state index < -0.39 is 0 Å². The number of methoxy groups -OCH3 is 1. The van der Waals surface area contributed by atoms with Crippen LogP contribution in [0.25, 0.3) is 0 Å². The van der Waals surface area contributed by atoms with Gasteiger partial charge in [0.05, 0.1) is 12.1 Å². The van der Waals surface area contributed by atoms with Gasteiger partial charge in [-0.2, -0.15) is 0 Å². The van der Waals surface area contributed by atoms with E-state index in [0.717, 1.165) is 11.3 Å². The molecule has 0 heterocycles. The largest absolute Gasteiger partial charge is 0.495 e. The molecule has 1 fully saturated rings. The Bertz CT molecular complexity index is 374. The molecular formula is C14H20ClNO. The molecule has 1 saturated carbocycles. The van der Waals surface area contributed by atoms with Gasteiger partial charge in [0.25, 0.3) is 0 Å². The molecule has 0 amide bonds. The predicted octanol–water partition coefficient (Wildman–Crippen LogP) is 3.93. The topological polar surface area (TPSA) is 35.2 Å². The van der Waals surface area contributed by atoms with Crippen molar-refractivity contribution in [1.82, 2.24) is 0 Å². The lowest BCUT2D eigenvalue weighted by molar-refractivity contribution is 0.307. The second-order valence-electron chi connectivity index (χ2n) is 4.82. The van der Waals surface area contributed by atoms with E-state index in [-0.39, 0.29) is 6.04 Å². The Hall–Kier alpha value is -0.730. The number of hydrogen-bond donors (Lipinski definition) is 1. The minimum absolute atomic E-state index is 0.112. The van der Waals surface area contributed by atoms with Gasteiger partial charge in [-0.15, -0.1) is 0 Å². The highest BCUT2D eigenvalue weighted by Crippen LogP contribution is 2.35. The molecule has 3 heteroatoms. The monoisotopic (exact) mass is 253 g/mol. The molecule has 94 valence electrons. The number of hydrogen-bond acceptors (Lipinski definition) is 2. The van der Waals surface area contributed by atoms with Gasteiger partial charge in [-0.1, -0.05) is 36.9 Å². The molecule has 0 saturated heterocycles. The van der Waals surface area contributed by atoms with Crippen LogP contribution in [-0.2, 0) is 0 Å². The zero-order chi connectivity index (χ0) is 12.3. The summed E-state index contributed by atoms with van der Waals surface area (Å²) in [7, 11) is 1.64. The Morgan fingerprint density at radius 2 is 2.00 bits per heavy atom. The summed E-state index contributed by atoms with van der Waals surface area (Å²) in [5.41, 5.74) is 7.48. The third-order valence-electron chi connectivity index (χ3n) is 3.72. The molecule has 0 spiro atoms. The summed E-state index contributed by atoms with van der Waals surface area (Å²) >= 11 is 6.02. The van der Waals surface area contributed by atoms with Crippen LogP contribution in [0.4, 0.5) is 0 Å². The van der Waals surface area contributed by atoms with Gasteiger partial charge < -0.3 is 10.5 Å². The molecule has 2 rings (SSSR count). The molecule has 1 atom stereocenters. The van der Waals surface area contributed by atoms with E-state index in [1.54, 1.807) is 7.11 Å². The SMILES string of the molecule is COc1cc([C@@H](N)C2CCCCC2)ccc1Cl. The first kappa shape index (κ1) is 12.7. The van der Waals surface area contributed by atoms with E-state index in [4.69, 9.17) is 22.1 Å². The zero-order valence-corrected chi connectivity index (χ0v) is 11.0. The van der Waals surface area contributed by atoms with E-state index in [9.17, 15) is 0 Å². The highest BCUT2D eigenvalue weighted by atomic mass is 35.5. The molecule has 1 aromatic rings. The van der Waals surface area contributed by atoms with Crippen LogP contribution < -0.4 is 10.5 Å². The van der Waals surface area contributed by atoms with Crippen molar-refractivity contribution in [1.29, 1.82) is 0 Å². The summed E-state index contributed by atoms with van der Waals surface area (Å²) in [4.78, 5) is 0. The number of nitrogens with two attached hydrogens (primary N) is 1. The Morgan fingerprint density at radius 1 is 1.29 bits per heavy atom. The molecule has 0 aromatic heterocycles. The number of rotatable bonds is 3. The van der Waals surface area contributed by atoms with Crippen molar-refractivity contribution in [3.63, 3.8) is 0 Å². The Labute approximate surface area is 108 Å². The molecule has 0 unspecified atom stereocenters. The quantitative estimate of drug-likeness (QED) is 0.886. The molecule has 17 heavy (non-hydrogen) atoms.